The molecule has 0 aliphatic heterocycles. The molecule has 7 heteroatoms. The Morgan fingerprint density at radius 3 is 2.43 bits per heavy atom. The second-order valence-corrected chi connectivity index (χ2v) is 2.79. The quantitative estimate of drug-likeness (QED) is 0.440. The molecule has 0 aliphatic carbocycles. The fourth-order valence-corrected chi connectivity index (χ4v) is 0.784. The lowest BCUT2D eigenvalue weighted by molar-refractivity contribution is -0.135. The third-order valence-electron chi connectivity index (χ3n) is 1.29. The van der Waals surface area contributed by atoms with Crippen molar-refractivity contribution in [3.05, 3.63) is 0 Å². The Bertz CT molecular complexity index is 241. The monoisotopic (exact) mass is 203 g/mol. The first-order valence-corrected chi connectivity index (χ1v) is 3.96. The summed E-state index contributed by atoms with van der Waals surface area (Å²) in [6.07, 6.45) is 0.0144. The Labute approximate surface area is 80.6 Å². The third kappa shape index (κ3) is 6.89. The molecule has 14 heavy (non-hydrogen) atoms. The van der Waals surface area contributed by atoms with Gasteiger partial charge in [0, 0.05) is 12.5 Å². The SMILES string of the molecule is CC(CC(N)=O)NC(=O)NCC(=O)O. The van der Waals surface area contributed by atoms with Crippen LogP contribution < -0.4 is 16.4 Å². The minimum Gasteiger partial charge on any atom is -0.480 e. The van der Waals surface area contributed by atoms with Crippen molar-refractivity contribution in [2.75, 3.05) is 6.54 Å². The van der Waals surface area contributed by atoms with E-state index in [9.17, 15) is 14.4 Å². The second kappa shape index (κ2) is 5.79. The number of urea groups is 1. The summed E-state index contributed by atoms with van der Waals surface area (Å²) in [4.78, 5) is 31.4. The Balaban J connectivity index is 3.71. The summed E-state index contributed by atoms with van der Waals surface area (Å²) in [5.74, 6) is -1.67. The van der Waals surface area contributed by atoms with Crippen molar-refractivity contribution in [3.8, 4) is 0 Å². The van der Waals surface area contributed by atoms with E-state index in [2.05, 4.69) is 10.6 Å². The van der Waals surface area contributed by atoms with Gasteiger partial charge >= 0.3 is 12.0 Å². The normalized spacial score (nSPS) is 11.5. The number of primary amides is 1. The number of hydrogen-bond donors (Lipinski definition) is 4. The number of amides is 3. The van der Waals surface area contributed by atoms with E-state index in [0.717, 1.165) is 0 Å². The minimum atomic E-state index is -1.14. The predicted octanol–water partition coefficient (Wildman–Crippen LogP) is -1.37. The van der Waals surface area contributed by atoms with Gasteiger partial charge in [-0.05, 0) is 6.92 Å². The third-order valence-corrected chi connectivity index (χ3v) is 1.29. The molecule has 0 rings (SSSR count). The Morgan fingerprint density at radius 2 is 2.00 bits per heavy atom. The van der Waals surface area contributed by atoms with Gasteiger partial charge in [0.25, 0.3) is 0 Å². The van der Waals surface area contributed by atoms with E-state index in [0.29, 0.717) is 0 Å². The molecule has 7 nitrogen and oxygen atoms in total. The zero-order valence-corrected chi connectivity index (χ0v) is 7.74. The molecule has 0 aliphatic rings. The van der Waals surface area contributed by atoms with Crippen LogP contribution in [0.2, 0.25) is 0 Å². The van der Waals surface area contributed by atoms with Crippen molar-refractivity contribution < 1.29 is 19.5 Å². The maximum absolute atomic E-state index is 10.9. The topological polar surface area (TPSA) is 122 Å². The van der Waals surface area contributed by atoms with E-state index >= 15 is 0 Å². The van der Waals surface area contributed by atoms with Crippen LogP contribution in [0.3, 0.4) is 0 Å². The lowest BCUT2D eigenvalue weighted by Gasteiger charge is -2.11. The van der Waals surface area contributed by atoms with Gasteiger partial charge in [0.15, 0.2) is 0 Å². The highest BCUT2D eigenvalue weighted by atomic mass is 16.4. The van der Waals surface area contributed by atoms with E-state index in [1.165, 1.54) is 0 Å². The van der Waals surface area contributed by atoms with E-state index < -0.39 is 30.5 Å². The highest BCUT2D eigenvalue weighted by Gasteiger charge is 2.09. The molecule has 0 radical (unpaired) electrons. The summed E-state index contributed by atoms with van der Waals surface area (Å²) in [7, 11) is 0. The first-order valence-electron chi connectivity index (χ1n) is 3.96. The average Bonchev–Trinajstić information content (AvgIpc) is 1.98. The van der Waals surface area contributed by atoms with Gasteiger partial charge in [-0.1, -0.05) is 0 Å². The summed E-state index contributed by atoms with van der Waals surface area (Å²) >= 11 is 0. The number of carbonyl (C=O) groups is 3. The van der Waals surface area contributed by atoms with Crippen molar-refractivity contribution in [2.45, 2.75) is 19.4 Å². The number of aliphatic carboxylic acids is 1. The molecule has 0 heterocycles. The highest BCUT2D eigenvalue weighted by molar-refractivity contribution is 5.81. The second-order valence-electron chi connectivity index (χ2n) is 2.79. The molecule has 0 aromatic rings. The summed E-state index contributed by atoms with van der Waals surface area (Å²) in [6, 6.07) is -1.05. The van der Waals surface area contributed by atoms with Gasteiger partial charge in [0.05, 0.1) is 0 Å². The van der Waals surface area contributed by atoms with Crippen LogP contribution in [-0.4, -0.2) is 35.6 Å². The van der Waals surface area contributed by atoms with E-state index in [4.69, 9.17) is 10.8 Å². The number of carboxylic acid groups (broad SMARTS) is 1. The molecule has 0 aromatic heterocycles. The van der Waals surface area contributed by atoms with E-state index in [1.807, 2.05) is 0 Å². The highest BCUT2D eigenvalue weighted by Crippen LogP contribution is 1.87. The van der Waals surface area contributed by atoms with Gasteiger partial charge in [0.1, 0.15) is 6.54 Å². The van der Waals surface area contributed by atoms with Crippen molar-refractivity contribution in [3.63, 3.8) is 0 Å². The van der Waals surface area contributed by atoms with Crippen LogP contribution in [0.15, 0.2) is 0 Å². The summed E-state index contributed by atoms with van der Waals surface area (Å²) in [6.45, 7) is 1.13. The molecule has 0 fully saturated rings. The standard InChI is InChI=1S/C7H13N3O4/c1-4(2-5(8)11)10-7(14)9-3-6(12)13/h4H,2-3H2,1H3,(H2,8,11)(H,12,13)(H2,9,10,14). The molecule has 0 aromatic carbocycles. The first kappa shape index (κ1) is 12.2. The molecule has 0 spiro atoms. The van der Waals surface area contributed by atoms with Crippen molar-refractivity contribution in [1.82, 2.24) is 10.6 Å². The molecule has 0 bridgehead atoms. The van der Waals surface area contributed by atoms with Gasteiger partial charge in [-0.15, -0.1) is 0 Å². The molecule has 5 N–H and O–H groups in total. The fraction of sp³-hybridized carbons (Fsp3) is 0.571. The zero-order valence-electron chi connectivity index (χ0n) is 7.74. The molecule has 0 saturated heterocycles. The van der Waals surface area contributed by atoms with Gasteiger partial charge in [0.2, 0.25) is 5.91 Å². The van der Waals surface area contributed by atoms with Gasteiger partial charge in [-0.2, -0.15) is 0 Å². The number of carbonyl (C=O) groups excluding carboxylic acids is 2. The van der Waals surface area contributed by atoms with Crippen LogP contribution >= 0.6 is 0 Å². The van der Waals surface area contributed by atoms with E-state index in [-0.39, 0.29) is 6.42 Å². The van der Waals surface area contributed by atoms with Crippen molar-refractivity contribution >= 4 is 17.9 Å². The smallest absolute Gasteiger partial charge is 0.323 e. The maximum Gasteiger partial charge on any atom is 0.323 e. The number of nitrogens with two attached hydrogens (primary N) is 1. The Morgan fingerprint density at radius 1 is 1.43 bits per heavy atom. The van der Waals surface area contributed by atoms with Crippen LogP contribution in [-0.2, 0) is 9.59 Å². The average molecular weight is 203 g/mol. The molecular weight excluding hydrogens is 190 g/mol. The van der Waals surface area contributed by atoms with Crippen LogP contribution in [0.1, 0.15) is 13.3 Å². The minimum absolute atomic E-state index is 0.0144. The van der Waals surface area contributed by atoms with Crippen LogP contribution in [0.25, 0.3) is 0 Å². The maximum atomic E-state index is 10.9. The summed E-state index contributed by atoms with van der Waals surface area (Å²) in [5, 5.41) is 12.7. The van der Waals surface area contributed by atoms with Crippen molar-refractivity contribution in [1.29, 1.82) is 0 Å². The summed E-state index contributed by atoms with van der Waals surface area (Å²) < 4.78 is 0. The summed E-state index contributed by atoms with van der Waals surface area (Å²) in [5.41, 5.74) is 4.89. The van der Waals surface area contributed by atoms with E-state index in [1.54, 1.807) is 6.92 Å². The van der Waals surface area contributed by atoms with Crippen LogP contribution in [0.5, 0.6) is 0 Å². The molecule has 80 valence electrons. The molecule has 1 atom stereocenters. The number of hydrogen-bond acceptors (Lipinski definition) is 3. The largest absolute Gasteiger partial charge is 0.480 e. The van der Waals surface area contributed by atoms with Crippen LogP contribution in [0, 0.1) is 0 Å². The van der Waals surface area contributed by atoms with Crippen molar-refractivity contribution in [2.24, 2.45) is 5.73 Å². The molecule has 1 unspecified atom stereocenters. The number of carboxylic acids is 1. The van der Waals surface area contributed by atoms with Gasteiger partial charge < -0.3 is 21.5 Å². The Hall–Kier alpha value is -1.79. The molecule has 3 amide bonds. The predicted molar refractivity (Wildman–Crippen MR) is 47.4 cm³/mol. The van der Waals surface area contributed by atoms with Gasteiger partial charge in [-0.25, -0.2) is 4.79 Å². The fourth-order valence-electron chi connectivity index (χ4n) is 0.784. The number of nitrogens with one attached hydrogen (secondary N) is 2. The van der Waals surface area contributed by atoms with Gasteiger partial charge in [-0.3, -0.25) is 9.59 Å². The molecule has 0 saturated carbocycles. The first-order chi connectivity index (χ1) is 6.41. The zero-order chi connectivity index (χ0) is 11.1. The number of rotatable bonds is 5. The molecular formula is C7H13N3O4. The Kier molecular flexibility index (Phi) is 5.05. The van der Waals surface area contributed by atoms with Crippen LogP contribution in [0.4, 0.5) is 4.79 Å². The lowest BCUT2D eigenvalue weighted by Crippen LogP contribution is -2.43. The lowest BCUT2D eigenvalue weighted by atomic mass is 10.2.